The van der Waals surface area contributed by atoms with E-state index < -0.39 is 5.92 Å². The highest BCUT2D eigenvalue weighted by Crippen LogP contribution is 2.48. The summed E-state index contributed by atoms with van der Waals surface area (Å²) >= 11 is 6.14. The monoisotopic (exact) mass is 387 g/mol. The molecule has 2 heterocycles. The van der Waals surface area contributed by atoms with Crippen molar-refractivity contribution in [2.45, 2.75) is 18.8 Å². The van der Waals surface area contributed by atoms with E-state index in [1.54, 1.807) is 0 Å². The van der Waals surface area contributed by atoms with Crippen LogP contribution in [0, 0.1) is 6.92 Å². The molecule has 0 aliphatic carbocycles. The number of carbonyl (C=O) groups is 1. The van der Waals surface area contributed by atoms with Crippen LogP contribution < -0.4 is 4.74 Å². The van der Waals surface area contributed by atoms with Gasteiger partial charge in [-0.2, -0.15) is 0 Å². The lowest BCUT2D eigenvalue weighted by Gasteiger charge is -2.23. The number of carbonyl (C=O) groups excluding carboxylic acids is 1. The summed E-state index contributed by atoms with van der Waals surface area (Å²) in [6.45, 7) is 2.06. The van der Waals surface area contributed by atoms with Crippen LogP contribution in [0.2, 0.25) is 5.02 Å². The molecular weight excluding hydrogens is 370 g/mol. The number of halogens is 1. The fourth-order valence-corrected chi connectivity index (χ4v) is 4.47. The summed E-state index contributed by atoms with van der Waals surface area (Å²) in [5.41, 5.74) is 5.21. The van der Waals surface area contributed by atoms with Crippen LogP contribution in [0.25, 0.3) is 10.9 Å². The first-order chi connectivity index (χ1) is 13.6. The minimum Gasteiger partial charge on any atom is -0.426 e. The minimum atomic E-state index is -0.407. The van der Waals surface area contributed by atoms with Crippen molar-refractivity contribution in [2.75, 3.05) is 0 Å². The molecule has 3 aromatic carbocycles. The van der Waals surface area contributed by atoms with E-state index in [1.807, 2.05) is 60.7 Å². The highest BCUT2D eigenvalue weighted by Gasteiger charge is 2.41. The normalized spacial score (nSPS) is 16.8. The molecule has 0 fully saturated rings. The minimum absolute atomic E-state index is 0.176. The van der Waals surface area contributed by atoms with Crippen molar-refractivity contribution in [2.24, 2.45) is 0 Å². The van der Waals surface area contributed by atoms with Gasteiger partial charge in [0, 0.05) is 33.1 Å². The van der Waals surface area contributed by atoms with E-state index in [4.69, 9.17) is 16.3 Å². The number of fused-ring (bicyclic) bond motifs is 2. The Balaban J connectivity index is 1.78. The molecule has 0 spiro atoms. The topological polar surface area (TPSA) is 42.1 Å². The van der Waals surface area contributed by atoms with E-state index in [2.05, 4.69) is 24.0 Å². The molecule has 0 amide bonds. The number of esters is 1. The molecule has 1 aromatic heterocycles. The second kappa shape index (κ2) is 6.54. The second-order valence-electron chi connectivity index (χ2n) is 7.18. The van der Waals surface area contributed by atoms with Crippen molar-refractivity contribution in [3.05, 3.63) is 100 Å². The molecule has 1 aliphatic heterocycles. The molecule has 138 valence electrons. The third-order valence-electron chi connectivity index (χ3n) is 5.54. The second-order valence-corrected chi connectivity index (χ2v) is 7.61. The van der Waals surface area contributed by atoms with Crippen LogP contribution in [-0.2, 0) is 4.79 Å². The van der Waals surface area contributed by atoms with Crippen LogP contribution in [0.4, 0.5) is 0 Å². The maximum absolute atomic E-state index is 13.0. The van der Waals surface area contributed by atoms with E-state index in [9.17, 15) is 4.79 Å². The molecule has 1 aliphatic rings. The average molecular weight is 388 g/mol. The fraction of sp³-hybridized carbons (Fsp3) is 0.125. The summed E-state index contributed by atoms with van der Waals surface area (Å²) in [4.78, 5) is 16.5. The summed E-state index contributed by atoms with van der Waals surface area (Å²) in [7, 11) is 0. The number of nitrogens with one attached hydrogen (secondary N) is 1. The fourth-order valence-electron chi connectivity index (χ4n) is 4.34. The van der Waals surface area contributed by atoms with Crippen LogP contribution in [0.5, 0.6) is 5.75 Å². The van der Waals surface area contributed by atoms with Crippen molar-refractivity contribution in [3.8, 4) is 5.75 Å². The molecule has 5 rings (SSSR count). The lowest BCUT2D eigenvalue weighted by atomic mass is 9.77. The van der Waals surface area contributed by atoms with Gasteiger partial charge in [0.1, 0.15) is 5.75 Å². The van der Waals surface area contributed by atoms with Gasteiger partial charge in [0.05, 0.1) is 5.92 Å². The summed E-state index contributed by atoms with van der Waals surface area (Å²) in [5.74, 6) is -0.153. The number of H-pyrrole nitrogens is 1. The van der Waals surface area contributed by atoms with Crippen LogP contribution in [0.15, 0.2) is 72.8 Å². The molecule has 3 nitrogen and oxygen atoms in total. The molecule has 0 bridgehead atoms. The zero-order chi connectivity index (χ0) is 19.3. The van der Waals surface area contributed by atoms with E-state index in [1.165, 1.54) is 0 Å². The van der Waals surface area contributed by atoms with Crippen molar-refractivity contribution in [1.82, 2.24) is 4.98 Å². The van der Waals surface area contributed by atoms with Crippen molar-refractivity contribution < 1.29 is 9.53 Å². The van der Waals surface area contributed by atoms with Gasteiger partial charge in [0.2, 0.25) is 0 Å². The Bertz CT molecular complexity index is 1190. The van der Waals surface area contributed by atoms with Crippen molar-refractivity contribution in [1.29, 1.82) is 0 Å². The number of rotatable bonds is 3. The van der Waals surface area contributed by atoms with Gasteiger partial charge in [-0.15, -0.1) is 0 Å². The maximum atomic E-state index is 13.0. The Labute approximate surface area is 167 Å². The Morgan fingerprint density at radius 3 is 2.50 bits per heavy atom. The maximum Gasteiger partial charge on any atom is 0.319 e. The summed E-state index contributed by atoms with van der Waals surface area (Å²) in [6.07, 6.45) is 0. The number of hydrogen-bond donors (Lipinski definition) is 1. The quantitative estimate of drug-likeness (QED) is 0.348. The van der Waals surface area contributed by atoms with Crippen molar-refractivity contribution in [3.63, 3.8) is 0 Å². The summed E-state index contributed by atoms with van der Waals surface area (Å²) < 4.78 is 5.62. The Morgan fingerprint density at radius 1 is 0.964 bits per heavy atom. The van der Waals surface area contributed by atoms with Gasteiger partial charge in [0.25, 0.3) is 0 Å². The third kappa shape index (κ3) is 2.62. The third-order valence-corrected chi connectivity index (χ3v) is 5.79. The number of aromatic nitrogens is 1. The first-order valence-corrected chi connectivity index (χ1v) is 9.64. The molecule has 0 saturated heterocycles. The smallest absolute Gasteiger partial charge is 0.319 e. The molecule has 4 heteroatoms. The van der Waals surface area contributed by atoms with Gasteiger partial charge in [0.15, 0.2) is 0 Å². The van der Waals surface area contributed by atoms with Crippen LogP contribution in [0.1, 0.15) is 34.2 Å². The Morgan fingerprint density at radius 2 is 1.68 bits per heavy atom. The average Bonchev–Trinajstić information content (AvgIpc) is 3.20. The molecule has 28 heavy (non-hydrogen) atoms. The zero-order valence-electron chi connectivity index (χ0n) is 15.3. The molecule has 0 unspecified atom stereocenters. The van der Waals surface area contributed by atoms with Crippen molar-refractivity contribution >= 4 is 28.5 Å². The number of aryl methyl sites for hydroxylation is 1. The van der Waals surface area contributed by atoms with Crippen LogP contribution in [-0.4, -0.2) is 11.0 Å². The largest absolute Gasteiger partial charge is 0.426 e. The molecule has 0 saturated carbocycles. The lowest BCUT2D eigenvalue weighted by Crippen LogP contribution is -2.20. The standard InChI is InChI=1S/C24H18ClNO2/c1-14-21(17-6-2-4-8-19(17)26-14)22(15-10-12-16(25)13-11-15)23-18-7-3-5-9-20(18)28-24(23)27/h2-13,22-23,26H,1H3/t22-,23-/m0/s1. The van der Waals surface area contributed by atoms with E-state index in [0.29, 0.717) is 10.8 Å². The molecule has 0 radical (unpaired) electrons. The van der Waals surface area contributed by atoms with Crippen LogP contribution in [0.3, 0.4) is 0 Å². The first kappa shape index (κ1) is 17.1. The highest BCUT2D eigenvalue weighted by molar-refractivity contribution is 6.30. The van der Waals surface area contributed by atoms with Gasteiger partial charge >= 0.3 is 5.97 Å². The van der Waals surface area contributed by atoms with Gasteiger partial charge < -0.3 is 9.72 Å². The number of hydrogen-bond acceptors (Lipinski definition) is 2. The first-order valence-electron chi connectivity index (χ1n) is 9.27. The molecule has 1 N–H and O–H groups in total. The van der Waals surface area contributed by atoms with E-state index >= 15 is 0 Å². The Kier molecular flexibility index (Phi) is 3.99. The van der Waals surface area contributed by atoms with Gasteiger partial charge in [-0.25, -0.2) is 0 Å². The van der Waals surface area contributed by atoms with Gasteiger partial charge in [-0.05, 0) is 42.3 Å². The molecule has 2 atom stereocenters. The van der Waals surface area contributed by atoms with Gasteiger partial charge in [-0.1, -0.05) is 60.1 Å². The number of aromatic amines is 1. The highest BCUT2D eigenvalue weighted by atomic mass is 35.5. The zero-order valence-corrected chi connectivity index (χ0v) is 16.0. The number of para-hydroxylation sites is 2. The summed E-state index contributed by atoms with van der Waals surface area (Å²) in [6, 6.07) is 23.6. The molecular formula is C24H18ClNO2. The van der Waals surface area contributed by atoms with E-state index in [0.717, 1.165) is 33.3 Å². The summed E-state index contributed by atoms with van der Waals surface area (Å²) in [5, 5.41) is 1.80. The molecule has 4 aromatic rings. The van der Waals surface area contributed by atoms with E-state index in [-0.39, 0.29) is 11.9 Å². The number of benzene rings is 3. The Hall–Kier alpha value is -3.04. The predicted octanol–water partition coefficient (Wildman–Crippen LogP) is 5.96. The lowest BCUT2D eigenvalue weighted by molar-refractivity contribution is -0.134. The number of ether oxygens (including phenoxy) is 1. The predicted molar refractivity (Wildman–Crippen MR) is 111 cm³/mol. The van der Waals surface area contributed by atoms with Crippen LogP contribution >= 0.6 is 11.6 Å². The van der Waals surface area contributed by atoms with Gasteiger partial charge in [-0.3, -0.25) is 4.79 Å². The SMILES string of the molecule is Cc1[nH]c2ccccc2c1[C@H](c1ccc(Cl)cc1)[C@H]1C(=O)Oc2ccccc21.